The van der Waals surface area contributed by atoms with E-state index in [0.29, 0.717) is 12.1 Å². The van der Waals surface area contributed by atoms with Crippen molar-refractivity contribution >= 4 is 11.6 Å². The topological polar surface area (TPSA) is 21.3 Å². The number of ether oxygens (including phenoxy) is 1. The summed E-state index contributed by atoms with van der Waals surface area (Å²) in [5.74, 6) is 0. The van der Waals surface area contributed by atoms with E-state index >= 15 is 0 Å². The number of hydrogen-bond acceptors (Lipinski definition) is 2. The van der Waals surface area contributed by atoms with E-state index < -0.39 is 0 Å². The lowest BCUT2D eigenvalue weighted by atomic mass is 9.92. The molecule has 1 aromatic carbocycles. The molecule has 1 saturated carbocycles. The summed E-state index contributed by atoms with van der Waals surface area (Å²) in [6, 6.07) is 8.62. The second kappa shape index (κ2) is 7.13. The summed E-state index contributed by atoms with van der Waals surface area (Å²) in [4.78, 5) is 0. The third-order valence-electron chi connectivity index (χ3n) is 3.74. The van der Waals surface area contributed by atoms with Crippen LogP contribution < -0.4 is 5.32 Å². The highest BCUT2D eigenvalue weighted by molar-refractivity contribution is 6.30. The van der Waals surface area contributed by atoms with Crippen LogP contribution in [0, 0.1) is 0 Å². The molecule has 0 aromatic heterocycles. The monoisotopic (exact) mass is 267 g/mol. The number of rotatable bonds is 5. The number of benzene rings is 1. The molecule has 0 aliphatic heterocycles. The van der Waals surface area contributed by atoms with Gasteiger partial charge in [-0.1, -0.05) is 36.6 Å². The second-order valence-corrected chi connectivity index (χ2v) is 5.43. The zero-order chi connectivity index (χ0) is 12.8. The van der Waals surface area contributed by atoms with Crippen molar-refractivity contribution in [1.82, 2.24) is 5.32 Å². The average molecular weight is 268 g/mol. The van der Waals surface area contributed by atoms with Crippen molar-refractivity contribution in [3.63, 3.8) is 0 Å². The molecule has 1 aliphatic carbocycles. The highest BCUT2D eigenvalue weighted by Crippen LogP contribution is 2.20. The van der Waals surface area contributed by atoms with Gasteiger partial charge in [0.2, 0.25) is 0 Å². The molecule has 1 aliphatic rings. The molecule has 3 heteroatoms. The van der Waals surface area contributed by atoms with Gasteiger partial charge in [0.25, 0.3) is 0 Å². The maximum Gasteiger partial charge on any atom is 0.0724 e. The summed E-state index contributed by atoms with van der Waals surface area (Å²) in [6.07, 6.45) is 6.48. The molecule has 0 unspecified atom stereocenters. The highest BCUT2D eigenvalue weighted by Gasteiger charge is 2.23. The van der Waals surface area contributed by atoms with E-state index in [2.05, 4.69) is 17.4 Å². The minimum absolute atomic E-state index is 0.393. The molecule has 0 heterocycles. The molecule has 100 valence electrons. The van der Waals surface area contributed by atoms with Gasteiger partial charge in [0.1, 0.15) is 0 Å². The first-order valence-corrected chi connectivity index (χ1v) is 7.18. The molecule has 2 nitrogen and oxygen atoms in total. The molecule has 0 saturated heterocycles. The zero-order valence-electron chi connectivity index (χ0n) is 11.0. The molecule has 0 amide bonds. The molecule has 2 atom stereocenters. The third-order valence-corrected chi connectivity index (χ3v) is 3.99. The molecule has 0 radical (unpaired) electrons. The van der Waals surface area contributed by atoms with Crippen LogP contribution in [0.15, 0.2) is 24.3 Å². The Morgan fingerprint density at radius 1 is 1.22 bits per heavy atom. The van der Waals surface area contributed by atoms with Crippen molar-refractivity contribution in [3.8, 4) is 0 Å². The van der Waals surface area contributed by atoms with E-state index in [1.165, 1.54) is 31.2 Å². The van der Waals surface area contributed by atoms with Crippen molar-refractivity contribution in [2.45, 2.75) is 44.2 Å². The third kappa shape index (κ3) is 3.98. The fourth-order valence-corrected chi connectivity index (χ4v) is 2.79. The van der Waals surface area contributed by atoms with Crippen molar-refractivity contribution in [3.05, 3.63) is 34.9 Å². The highest BCUT2D eigenvalue weighted by atomic mass is 35.5. The zero-order valence-corrected chi connectivity index (χ0v) is 11.7. The smallest absolute Gasteiger partial charge is 0.0724 e. The van der Waals surface area contributed by atoms with E-state index in [4.69, 9.17) is 16.3 Å². The number of methoxy groups -OCH3 is 1. The van der Waals surface area contributed by atoms with Crippen LogP contribution in [0.4, 0.5) is 0 Å². The van der Waals surface area contributed by atoms with Gasteiger partial charge in [-0.15, -0.1) is 0 Å². The molecular weight excluding hydrogens is 246 g/mol. The molecule has 18 heavy (non-hydrogen) atoms. The fraction of sp³-hybridized carbons (Fsp3) is 0.600. The number of nitrogens with one attached hydrogen (secondary N) is 1. The molecular formula is C15H22ClNO. The van der Waals surface area contributed by atoms with Gasteiger partial charge in [0.15, 0.2) is 0 Å². The summed E-state index contributed by atoms with van der Waals surface area (Å²) in [5.41, 5.74) is 1.33. The molecule has 1 fully saturated rings. The van der Waals surface area contributed by atoms with E-state index in [0.717, 1.165) is 18.0 Å². The standard InChI is InChI=1S/C15H22ClNO/c1-18-15-5-3-2-4-14(15)17-11-10-12-6-8-13(16)9-7-12/h6-9,14-15,17H,2-5,10-11H2,1H3/t14-,15+/m1/s1. The summed E-state index contributed by atoms with van der Waals surface area (Å²) in [7, 11) is 1.82. The van der Waals surface area contributed by atoms with Gasteiger partial charge in [-0.05, 0) is 43.5 Å². The molecule has 2 rings (SSSR count). The summed E-state index contributed by atoms with van der Waals surface area (Å²) in [5, 5.41) is 4.43. The first kappa shape index (κ1) is 13.9. The van der Waals surface area contributed by atoms with Gasteiger partial charge >= 0.3 is 0 Å². The predicted molar refractivity (Wildman–Crippen MR) is 76.2 cm³/mol. The van der Waals surface area contributed by atoms with Crippen LogP contribution in [-0.4, -0.2) is 25.8 Å². The van der Waals surface area contributed by atoms with Gasteiger partial charge in [-0.3, -0.25) is 0 Å². The van der Waals surface area contributed by atoms with Crippen molar-refractivity contribution in [2.75, 3.05) is 13.7 Å². The van der Waals surface area contributed by atoms with Crippen molar-refractivity contribution < 1.29 is 4.74 Å². The fourth-order valence-electron chi connectivity index (χ4n) is 2.67. The molecule has 0 bridgehead atoms. The van der Waals surface area contributed by atoms with Crippen LogP contribution >= 0.6 is 11.6 Å². The minimum atomic E-state index is 0.393. The molecule has 1 N–H and O–H groups in total. The van der Waals surface area contributed by atoms with Crippen molar-refractivity contribution in [1.29, 1.82) is 0 Å². The van der Waals surface area contributed by atoms with E-state index in [1.807, 2.05) is 19.2 Å². The Labute approximate surface area is 115 Å². The number of hydrogen-bond donors (Lipinski definition) is 1. The maximum absolute atomic E-state index is 5.87. The minimum Gasteiger partial charge on any atom is -0.380 e. The molecule has 1 aromatic rings. The van der Waals surface area contributed by atoms with Crippen molar-refractivity contribution in [2.24, 2.45) is 0 Å². The van der Waals surface area contributed by atoms with E-state index in [9.17, 15) is 0 Å². The Bertz CT molecular complexity index is 352. The summed E-state index contributed by atoms with van der Waals surface area (Å²) >= 11 is 5.87. The van der Waals surface area contributed by atoms with Gasteiger partial charge in [0, 0.05) is 18.2 Å². The van der Waals surface area contributed by atoms with Crippen LogP contribution in [0.3, 0.4) is 0 Å². The quantitative estimate of drug-likeness (QED) is 0.883. The van der Waals surface area contributed by atoms with Crippen LogP contribution in [0.25, 0.3) is 0 Å². The predicted octanol–water partition coefficient (Wildman–Crippen LogP) is 3.43. The maximum atomic E-state index is 5.87. The van der Waals surface area contributed by atoms with E-state index in [-0.39, 0.29) is 0 Å². The lowest BCUT2D eigenvalue weighted by Gasteiger charge is -2.31. The largest absolute Gasteiger partial charge is 0.380 e. The second-order valence-electron chi connectivity index (χ2n) is 5.00. The Morgan fingerprint density at radius 3 is 2.67 bits per heavy atom. The SMILES string of the molecule is CO[C@H]1CCCC[C@H]1NCCc1ccc(Cl)cc1. The lowest BCUT2D eigenvalue weighted by molar-refractivity contribution is 0.0421. The summed E-state index contributed by atoms with van der Waals surface area (Å²) in [6.45, 7) is 1.01. The first-order valence-electron chi connectivity index (χ1n) is 6.80. The summed E-state index contributed by atoms with van der Waals surface area (Å²) < 4.78 is 5.54. The number of halogens is 1. The normalized spacial score (nSPS) is 24.1. The van der Waals surface area contributed by atoms with Gasteiger partial charge < -0.3 is 10.1 Å². The van der Waals surface area contributed by atoms with Crippen LogP contribution in [0.1, 0.15) is 31.2 Å². The Hall–Kier alpha value is -0.570. The first-order chi connectivity index (χ1) is 8.79. The van der Waals surface area contributed by atoms with Gasteiger partial charge in [-0.2, -0.15) is 0 Å². The Balaban J connectivity index is 1.75. The Kier molecular flexibility index (Phi) is 5.48. The van der Waals surface area contributed by atoms with Gasteiger partial charge in [-0.25, -0.2) is 0 Å². The van der Waals surface area contributed by atoms with Crippen LogP contribution in [0.2, 0.25) is 5.02 Å². The Morgan fingerprint density at radius 2 is 1.94 bits per heavy atom. The molecule has 0 spiro atoms. The van der Waals surface area contributed by atoms with E-state index in [1.54, 1.807) is 0 Å². The average Bonchev–Trinajstić information content (AvgIpc) is 2.41. The lowest BCUT2D eigenvalue weighted by Crippen LogP contribution is -2.43. The van der Waals surface area contributed by atoms with Gasteiger partial charge in [0.05, 0.1) is 6.10 Å². The van der Waals surface area contributed by atoms with Crippen LogP contribution in [-0.2, 0) is 11.2 Å². The van der Waals surface area contributed by atoms with Crippen LogP contribution in [0.5, 0.6) is 0 Å².